The lowest BCUT2D eigenvalue weighted by Gasteiger charge is -1.91. The predicted octanol–water partition coefficient (Wildman–Crippen LogP) is 3.55. The standard InChI is InChI=1S/C10H9NS2/c1-2-7(11-4-1)9-6-10-8(13-9)3-5-12-10/h3,5-6H,1-2,4H2. The second-order valence-corrected chi connectivity index (χ2v) is 5.22. The maximum Gasteiger partial charge on any atom is 0.0521 e. The van der Waals surface area contributed by atoms with E-state index in [0.29, 0.717) is 0 Å². The zero-order valence-corrected chi connectivity index (χ0v) is 8.75. The van der Waals surface area contributed by atoms with E-state index in [9.17, 15) is 0 Å². The van der Waals surface area contributed by atoms with Gasteiger partial charge in [-0.15, -0.1) is 22.7 Å². The van der Waals surface area contributed by atoms with E-state index in [1.165, 1.54) is 32.8 Å². The van der Waals surface area contributed by atoms with Gasteiger partial charge in [0.2, 0.25) is 0 Å². The van der Waals surface area contributed by atoms with Gasteiger partial charge in [0.1, 0.15) is 0 Å². The number of nitrogens with zero attached hydrogens (tertiary/aromatic N) is 1. The second kappa shape index (κ2) is 2.93. The Hall–Kier alpha value is -0.670. The van der Waals surface area contributed by atoms with Crippen molar-refractivity contribution in [1.82, 2.24) is 0 Å². The summed E-state index contributed by atoms with van der Waals surface area (Å²) in [6.07, 6.45) is 2.41. The van der Waals surface area contributed by atoms with Gasteiger partial charge in [0.05, 0.1) is 10.6 Å². The van der Waals surface area contributed by atoms with Crippen molar-refractivity contribution in [2.75, 3.05) is 6.54 Å². The second-order valence-electron chi connectivity index (χ2n) is 3.19. The molecule has 0 unspecified atom stereocenters. The molecule has 0 spiro atoms. The van der Waals surface area contributed by atoms with Crippen molar-refractivity contribution in [1.29, 1.82) is 0 Å². The third kappa shape index (κ3) is 1.23. The van der Waals surface area contributed by atoms with Crippen LogP contribution in [0.15, 0.2) is 22.5 Å². The van der Waals surface area contributed by atoms with E-state index in [0.717, 1.165) is 6.54 Å². The number of hydrogen-bond acceptors (Lipinski definition) is 3. The van der Waals surface area contributed by atoms with Crippen LogP contribution in [0.3, 0.4) is 0 Å². The summed E-state index contributed by atoms with van der Waals surface area (Å²) in [4.78, 5) is 5.90. The number of fused-ring (bicyclic) bond motifs is 1. The lowest BCUT2D eigenvalue weighted by Crippen LogP contribution is -1.90. The van der Waals surface area contributed by atoms with E-state index < -0.39 is 0 Å². The first kappa shape index (κ1) is 7.71. The van der Waals surface area contributed by atoms with E-state index >= 15 is 0 Å². The molecular formula is C10H9NS2. The fourth-order valence-corrected chi connectivity index (χ4v) is 3.79. The molecule has 0 aliphatic carbocycles. The van der Waals surface area contributed by atoms with Crippen molar-refractivity contribution < 1.29 is 0 Å². The van der Waals surface area contributed by atoms with Crippen LogP contribution < -0.4 is 0 Å². The minimum Gasteiger partial charge on any atom is -0.288 e. The van der Waals surface area contributed by atoms with Gasteiger partial charge in [0.15, 0.2) is 0 Å². The summed E-state index contributed by atoms with van der Waals surface area (Å²) in [7, 11) is 0. The van der Waals surface area contributed by atoms with Gasteiger partial charge in [0.25, 0.3) is 0 Å². The van der Waals surface area contributed by atoms with Gasteiger partial charge in [0, 0.05) is 15.9 Å². The SMILES string of the molecule is c1cc2sc(C3=NCCC3)cc2s1. The lowest BCUT2D eigenvalue weighted by atomic mass is 10.2. The van der Waals surface area contributed by atoms with Crippen LogP contribution >= 0.6 is 22.7 Å². The summed E-state index contributed by atoms with van der Waals surface area (Å²) in [5, 5.41) is 2.15. The molecule has 0 radical (unpaired) electrons. The molecule has 0 bridgehead atoms. The van der Waals surface area contributed by atoms with Crippen molar-refractivity contribution in [3.05, 3.63) is 22.4 Å². The Kier molecular flexibility index (Phi) is 1.73. The minimum absolute atomic E-state index is 1.03. The molecule has 3 rings (SSSR count). The first-order valence-electron chi connectivity index (χ1n) is 4.44. The zero-order valence-electron chi connectivity index (χ0n) is 7.12. The molecule has 3 heteroatoms. The molecule has 0 N–H and O–H groups in total. The van der Waals surface area contributed by atoms with Crippen LogP contribution in [0.2, 0.25) is 0 Å². The summed E-state index contributed by atoms with van der Waals surface area (Å²) in [6.45, 7) is 1.03. The summed E-state index contributed by atoms with van der Waals surface area (Å²) in [5.41, 5.74) is 1.33. The molecule has 0 amide bonds. The van der Waals surface area contributed by atoms with Gasteiger partial charge in [-0.3, -0.25) is 4.99 Å². The topological polar surface area (TPSA) is 12.4 Å². The van der Waals surface area contributed by atoms with Crippen molar-refractivity contribution >= 4 is 37.8 Å². The average molecular weight is 207 g/mol. The highest BCUT2D eigenvalue weighted by Crippen LogP contribution is 2.31. The molecule has 13 heavy (non-hydrogen) atoms. The van der Waals surface area contributed by atoms with Crippen LogP contribution in [0.25, 0.3) is 9.40 Å². The van der Waals surface area contributed by atoms with Crippen molar-refractivity contribution in [3.63, 3.8) is 0 Å². The first-order chi connectivity index (χ1) is 6.43. The molecule has 0 saturated carbocycles. The minimum atomic E-state index is 1.03. The molecule has 0 fully saturated rings. The van der Waals surface area contributed by atoms with Gasteiger partial charge in [-0.25, -0.2) is 0 Å². The Bertz CT molecular complexity index is 435. The molecular weight excluding hydrogens is 198 g/mol. The van der Waals surface area contributed by atoms with Gasteiger partial charge in [-0.2, -0.15) is 0 Å². The van der Waals surface area contributed by atoms with Crippen molar-refractivity contribution in [3.8, 4) is 0 Å². The Morgan fingerprint density at radius 2 is 2.31 bits per heavy atom. The third-order valence-electron chi connectivity index (χ3n) is 2.30. The molecule has 1 aliphatic rings. The number of thiophene rings is 2. The van der Waals surface area contributed by atoms with Gasteiger partial charge < -0.3 is 0 Å². The highest BCUT2D eigenvalue weighted by Gasteiger charge is 2.12. The summed E-state index contributed by atoms with van der Waals surface area (Å²) < 4.78 is 2.82. The van der Waals surface area contributed by atoms with Crippen molar-refractivity contribution in [2.24, 2.45) is 4.99 Å². The van der Waals surface area contributed by atoms with Crippen LogP contribution in [-0.4, -0.2) is 12.3 Å². The highest BCUT2D eigenvalue weighted by molar-refractivity contribution is 7.27. The molecule has 0 aromatic carbocycles. The van der Waals surface area contributed by atoms with Crippen LogP contribution in [-0.2, 0) is 0 Å². The smallest absolute Gasteiger partial charge is 0.0521 e. The Morgan fingerprint density at radius 1 is 1.31 bits per heavy atom. The molecule has 2 aromatic rings. The number of hydrogen-bond donors (Lipinski definition) is 0. The highest BCUT2D eigenvalue weighted by atomic mass is 32.1. The van der Waals surface area contributed by atoms with E-state index in [1.807, 2.05) is 22.7 Å². The van der Waals surface area contributed by atoms with Crippen LogP contribution in [0.1, 0.15) is 17.7 Å². The summed E-state index contributed by atoms with van der Waals surface area (Å²) >= 11 is 3.70. The number of aliphatic imine (C=N–C) groups is 1. The maximum absolute atomic E-state index is 4.51. The predicted molar refractivity (Wildman–Crippen MR) is 60.3 cm³/mol. The fourth-order valence-electron chi connectivity index (χ4n) is 1.65. The molecule has 0 atom stereocenters. The molecule has 1 aliphatic heterocycles. The van der Waals surface area contributed by atoms with Crippen LogP contribution in [0.5, 0.6) is 0 Å². The maximum atomic E-state index is 4.51. The van der Waals surface area contributed by atoms with Crippen LogP contribution in [0.4, 0.5) is 0 Å². The Labute approximate surface area is 84.7 Å². The first-order valence-corrected chi connectivity index (χ1v) is 6.14. The molecule has 1 nitrogen and oxygen atoms in total. The van der Waals surface area contributed by atoms with Crippen LogP contribution in [0, 0.1) is 0 Å². The third-order valence-corrected chi connectivity index (χ3v) is 4.44. The Morgan fingerprint density at radius 3 is 3.08 bits per heavy atom. The van der Waals surface area contributed by atoms with Crippen molar-refractivity contribution in [2.45, 2.75) is 12.8 Å². The Balaban J connectivity index is 2.12. The van der Waals surface area contributed by atoms with E-state index in [1.54, 1.807) is 0 Å². The molecule has 0 saturated heterocycles. The zero-order chi connectivity index (χ0) is 8.67. The fraction of sp³-hybridized carbons (Fsp3) is 0.300. The summed E-state index contributed by atoms with van der Waals surface area (Å²) in [5.74, 6) is 0. The van der Waals surface area contributed by atoms with Gasteiger partial charge in [-0.1, -0.05) is 0 Å². The lowest BCUT2D eigenvalue weighted by molar-refractivity contribution is 0.951. The average Bonchev–Trinajstić information content (AvgIpc) is 2.78. The van der Waals surface area contributed by atoms with E-state index in [-0.39, 0.29) is 0 Å². The van der Waals surface area contributed by atoms with Gasteiger partial charge >= 0.3 is 0 Å². The normalized spacial score (nSPS) is 16.8. The largest absolute Gasteiger partial charge is 0.288 e. The monoisotopic (exact) mass is 207 g/mol. The summed E-state index contributed by atoms with van der Waals surface area (Å²) in [6, 6.07) is 4.48. The van der Waals surface area contributed by atoms with E-state index in [4.69, 9.17) is 0 Å². The molecule has 66 valence electrons. The quantitative estimate of drug-likeness (QED) is 0.678. The molecule has 2 aromatic heterocycles. The number of rotatable bonds is 1. The van der Waals surface area contributed by atoms with Gasteiger partial charge in [-0.05, 0) is 30.4 Å². The molecule has 3 heterocycles. The van der Waals surface area contributed by atoms with E-state index in [2.05, 4.69) is 22.5 Å².